The van der Waals surface area contributed by atoms with Crippen molar-refractivity contribution in [3.63, 3.8) is 0 Å². The highest BCUT2D eigenvalue weighted by atomic mass is 35.5. The molecule has 5 nitrogen and oxygen atoms in total. The number of sulfonamides is 1. The maximum Gasteiger partial charge on any atom is 0.240 e. The lowest BCUT2D eigenvalue weighted by Gasteiger charge is -2.15. The third-order valence-corrected chi connectivity index (χ3v) is 5.86. The number of carbonyl (C=O) groups is 1. The molecule has 2 N–H and O–H groups in total. The van der Waals surface area contributed by atoms with Gasteiger partial charge in [-0.1, -0.05) is 29.3 Å². The first-order chi connectivity index (χ1) is 12.6. The molecule has 0 bridgehead atoms. The van der Waals surface area contributed by atoms with Crippen LogP contribution in [0, 0.1) is 11.6 Å². The van der Waals surface area contributed by atoms with Gasteiger partial charge in [0.25, 0.3) is 0 Å². The average Bonchev–Trinajstić information content (AvgIpc) is 2.59. The van der Waals surface area contributed by atoms with Crippen LogP contribution in [0.25, 0.3) is 0 Å². The van der Waals surface area contributed by atoms with E-state index < -0.39 is 32.5 Å². The molecule has 10 heteroatoms. The Balaban J connectivity index is 1.89. The summed E-state index contributed by atoms with van der Waals surface area (Å²) in [7, 11) is -4.06. The summed E-state index contributed by atoms with van der Waals surface area (Å²) in [5.41, 5.74) is 0.736. The van der Waals surface area contributed by atoms with Crippen LogP contribution in [0.3, 0.4) is 0 Å². The topological polar surface area (TPSA) is 75.3 Å². The Labute approximate surface area is 165 Å². The number of nitrogens with one attached hydrogen (secondary N) is 2. The van der Waals surface area contributed by atoms with E-state index in [0.717, 1.165) is 17.7 Å². The first-order valence-corrected chi connectivity index (χ1v) is 10.0. The number of benzene rings is 2. The fourth-order valence-electron chi connectivity index (χ4n) is 2.20. The third-order valence-electron chi connectivity index (χ3n) is 3.67. The summed E-state index contributed by atoms with van der Waals surface area (Å²) in [6, 6.07) is 6.81. The molecule has 0 aliphatic rings. The molecule has 2 rings (SSSR count). The molecule has 0 spiro atoms. The summed E-state index contributed by atoms with van der Waals surface area (Å²) in [6.07, 6.45) is -0.144. The number of hydrogen-bond donors (Lipinski definition) is 2. The third kappa shape index (κ3) is 5.87. The maximum absolute atomic E-state index is 13.2. The Morgan fingerprint density at radius 3 is 2.41 bits per heavy atom. The fraction of sp³-hybridized carbons (Fsp3) is 0.235. The Hall–Kier alpha value is -1.74. The van der Waals surface area contributed by atoms with E-state index in [1.165, 1.54) is 0 Å². The second-order valence-electron chi connectivity index (χ2n) is 5.69. The predicted molar refractivity (Wildman–Crippen MR) is 99.2 cm³/mol. The van der Waals surface area contributed by atoms with Crippen LogP contribution in [0.2, 0.25) is 10.0 Å². The molecule has 2 aromatic carbocycles. The molecule has 0 fully saturated rings. The SMILES string of the molecule is CC(NC(=O)CCNS(=O)(=O)c1ccc(F)c(F)c1)c1ccc(Cl)c(Cl)c1. The molecule has 2 aromatic rings. The number of carbonyl (C=O) groups excluding carboxylic acids is 1. The standard InChI is InChI=1S/C17H16Cl2F2N2O3S/c1-10(11-2-4-13(18)14(19)8-11)23-17(24)6-7-22-27(25,26)12-3-5-15(20)16(21)9-12/h2-5,8-10,22H,6-7H2,1H3,(H,23,24). The molecular formula is C17H16Cl2F2N2O3S. The van der Waals surface area contributed by atoms with Gasteiger partial charge in [-0.15, -0.1) is 0 Å². The summed E-state index contributed by atoms with van der Waals surface area (Å²) in [6.45, 7) is 1.53. The Morgan fingerprint density at radius 2 is 1.78 bits per heavy atom. The number of hydrogen-bond acceptors (Lipinski definition) is 3. The summed E-state index contributed by atoms with van der Waals surface area (Å²) >= 11 is 11.8. The van der Waals surface area contributed by atoms with Crippen molar-refractivity contribution < 1.29 is 22.0 Å². The lowest BCUT2D eigenvalue weighted by molar-refractivity contribution is -0.121. The van der Waals surface area contributed by atoms with Crippen molar-refractivity contribution in [1.82, 2.24) is 10.0 Å². The highest BCUT2D eigenvalue weighted by Gasteiger charge is 2.17. The van der Waals surface area contributed by atoms with Crippen molar-refractivity contribution >= 4 is 39.1 Å². The molecule has 1 unspecified atom stereocenters. The number of amides is 1. The average molecular weight is 437 g/mol. The molecular weight excluding hydrogens is 421 g/mol. The molecule has 0 radical (unpaired) electrons. The first-order valence-electron chi connectivity index (χ1n) is 7.79. The first kappa shape index (κ1) is 21.6. The second kappa shape index (κ2) is 8.97. The van der Waals surface area contributed by atoms with E-state index in [1.807, 2.05) is 0 Å². The van der Waals surface area contributed by atoms with E-state index in [1.54, 1.807) is 25.1 Å². The molecule has 0 aliphatic carbocycles. The van der Waals surface area contributed by atoms with Gasteiger partial charge < -0.3 is 5.32 Å². The number of rotatable bonds is 7. The van der Waals surface area contributed by atoms with E-state index in [9.17, 15) is 22.0 Å². The van der Waals surface area contributed by atoms with Crippen LogP contribution in [-0.2, 0) is 14.8 Å². The van der Waals surface area contributed by atoms with Gasteiger partial charge in [-0.2, -0.15) is 0 Å². The zero-order chi connectivity index (χ0) is 20.2. The van der Waals surface area contributed by atoms with E-state index in [2.05, 4.69) is 10.0 Å². The van der Waals surface area contributed by atoms with Crippen LogP contribution in [0.4, 0.5) is 8.78 Å². The van der Waals surface area contributed by atoms with Gasteiger partial charge in [0.2, 0.25) is 15.9 Å². The van der Waals surface area contributed by atoms with Crippen molar-refractivity contribution in [3.8, 4) is 0 Å². The molecule has 0 aliphatic heterocycles. The largest absolute Gasteiger partial charge is 0.350 e. The molecule has 1 amide bonds. The minimum atomic E-state index is -4.06. The molecule has 146 valence electrons. The minimum Gasteiger partial charge on any atom is -0.350 e. The zero-order valence-corrected chi connectivity index (χ0v) is 16.4. The van der Waals surface area contributed by atoms with Gasteiger partial charge in [-0.3, -0.25) is 4.79 Å². The van der Waals surface area contributed by atoms with Gasteiger partial charge in [0.05, 0.1) is 21.0 Å². The van der Waals surface area contributed by atoms with Crippen molar-refractivity contribution in [2.24, 2.45) is 0 Å². The highest BCUT2D eigenvalue weighted by Crippen LogP contribution is 2.25. The monoisotopic (exact) mass is 436 g/mol. The molecule has 0 aromatic heterocycles. The Bertz CT molecular complexity index is 955. The predicted octanol–water partition coefficient (Wildman–Crippen LogP) is 3.82. The quantitative estimate of drug-likeness (QED) is 0.692. The van der Waals surface area contributed by atoms with E-state index >= 15 is 0 Å². The van der Waals surface area contributed by atoms with Crippen molar-refractivity contribution in [3.05, 3.63) is 63.6 Å². The highest BCUT2D eigenvalue weighted by molar-refractivity contribution is 7.89. The molecule has 0 saturated carbocycles. The van der Waals surface area contributed by atoms with Gasteiger partial charge in [0, 0.05) is 13.0 Å². The fourth-order valence-corrected chi connectivity index (χ4v) is 3.55. The van der Waals surface area contributed by atoms with Crippen LogP contribution in [0.1, 0.15) is 24.9 Å². The molecule has 0 heterocycles. The summed E-state index contributed by atoms with van der Waals surface area (Å²) < 4.78 is 52.3. The van der Waals surface area contributed by atoms with E-state index in [4.69, 9.17) is 23.2 Å². The summed E-state index contributed by atoms with van der Waals surface area (Å²) in [4.78, 5) is 11.6. The lowest BCUT2D eigenvalue weighted by Crippen LogP contribution is -2.32. The smallest absolute Gasteiger partial charge is 0.240 e. The molecule has 1 atom stereocenters. The van der Waals surface area contributed by atoms with Gasteiger partial charge in [0.1, 0.15) is 0 Å². The number of halogens is 4. The molecule has 27 heavy (non-hydrogen) atoms. The Kier molecular flexibility index (Phi) is 7.16. The van der Waals surface area contributed by atoms with Crippen molar-refractivity contribution in [2.45, 2.75) is 24.3 Å². The second-order valence-corrected chi connectivity index (χ2v) is 8.27. The van der Waals surface area contributed by atoms with Gasteiger partial charge in [-0.05, 0) is 42.8 Å². The van der Waals surface area contributed by atoms with Crippen LogP contribution in [0.15, 0.2) is 41.3 Å². The van der Waals surface area contributed by atoms with Crippen LogP contribution >= 0.6 is 23.2 Å². The van der Waals surface area contributed by atoms with Gasteiger partial charge >= 0.3 is 0 Å². The van der Waals surface area contributed by atoms with E-state index in [-0.39, 0.29) is 19.0 Å². The summed E-state index contributed by atoms with van der Waals surface area (Å²) in [5, 5.41) is 3.45. The lowest BCUT2D eigenvalue weighted by atomic mass is 10.1. The van der Waals surface area contributed by atoms with Crippen LogP contribution < -0.4 is 10.0 Å². The maximum atomic E-state index is 13.2. The van der Waals surface area contributed by atoms with Gasteiger partial charge in [-0.25, -0.2) is 21.9 Å². The normalized spacial score (nSPS) is 12.6. The summed E-state index contributed by atoms with van der Waals surface area (Å²) in [5.74, 6) is -2.82. The van der Waals surface area contributed by atoms with Crippen molar-refractivity contribution in [2.75, 3.05) is 6.54 Å². The van der Waals surface area contributed by atoms with Gasteiger partial charge in [0.15, 0.2) is 11.6 Å². The zero-order valence-electron chi connectivity index (χ0n) is 14.1. The van der Waals surface area contributed by atoms with Crippen LogP contribution in [-0.4, -0.2) is 20.9 Å². The Morgan fingerprint density at radius 1 is 1.07 bits per heavy atom. The van der Waals surface area contributed by atoms with Crippen LogP contribution in [0.5, 0.6) is 0 Å². The minimum absolute atomic E-state index is 0.144. The molecule has 0 saturated heterocycles. The van der Waals surface area contributed by atoms with E-state index in [0.29, 0.717) is 16.1 Å². The van der Waals surface area contributed by atoms with Crippen molar-refractivity contribution in [1.29, 1.82) is 0 Å².